The molecule has 0 bridgehead atoms. The van der Waals surface area contributed by atoms with E-state index in [1.165, 1.54) is 0 Å². The van der Waals surface area contributed by atoms with Gasteiger partial charge in [-0.25, -0.2) is 0 Å². The van der Waals surface area contributed by atoms with Gasteiger partial charge in [-0.2, -0.15) is 0 Å². The van der Waals surface area contributed by atoms with Crippen LogP contribution in [0.1, 0.15) is 29.9 Å². The standard InChI is InChI=1S/C8H12O2/c1-5-4-10-7(3)8(5)6(2)9/h4,6,9H,1-3H3/t6-/m0/s1. The van der Waals surface area contributed by atoms with Crippen LogP contribution in [0.5, 0.6) is 0 Å². The molecule has 0 unspecified atom stereocenters. The molecule has 1 aromatic heterocycles. The van der Waals surface area contributed by atoms with Gasteiger partial charge in [0.1, 0.15) is 5.76 Å². The molecule has 0 radical (unpaired) electrons. The van der Waals surface area contributed by atoms with Crippen molar-refractivity contribution in [2.75, 3.05) is 0 Å². The van der Waals surface area contributed by atoms with Gasteiger partial charge in [-0.15, -0.1) is 0 Å². The van der Waals surface area contributed by atoms with Crippen molar-refractivity contribution in [2.24, 2.45) is 0 Å². The number of aliphatic hydroxyl groups is 1. The third-order valence-electron chi connectivity index (χ3n) is 1.63. The number of aliphatic hydroxyl groups excluding tert-OH is 1. The number of hydrogen-bond acceptors (Lipinski definition) is 2. The van der Waals surface area contributed by atoms with Crippen LogP contribution in [0.15, 0.2) is 10.7 Å². The molecular weight excluding hydrogens is 128 g/mol. The second kappa shape index (κ2) is 2.46. The number of hydrogen-bond donors (Lipinski definition) is 1. The summed E-state index contributed by atoms with van der Waals surface area (Å²) in [4.78, 5) is 0. The molecule has 1 aromatic rings. The van der Waals surface area contributed by atoms with Gasteiger partial charge in [-0.3, -0.25) is 0 Å². The van der Waals surface area contributed by atoms with Crippen molar-refractivity contribution in [3.8, 4) is 0 Å². The van der Waals surface area contributed by atoms with Crippen molar-refractivity contribution >= 4 is 0 Å². The normalized spacial score (nSPS) is 13.6. The highest BCUT2D eigenvalue weighted by molar-refractivity contribution is 5.27. The number of furan rings is 1. The molecule has 0 saturated carbocycles. The van der Waals surface area contributed by atoms with Crippen LogP contribution in [-0.4, -0.2) is 5.11 Å². The molecule has 1 rings (SSSR count). The topological polar surface area (TPSA) is 33.4 Å². The minimum atomic E-state index is -0.418. The van der Waals surface area contributed by atoms with E-state index in [1.54, 1.807) is 13.2 Å². The molecule has 1 heterocycles. The van der Waals surface area contributed by atoms with Gasteiger partial charge in [0, 0.05) is 5.56 Å². The first-order chi connectivity index (χ1) is 4.63. The smallest absolute Gasteiger partial charge is 0.106 e. The Balaban J connectivity index is 3.10. The molecule has 0 aliphatic rings. The molecular formula is C8H12O2. The van der Waals surface area contributed by atoms with E-state index < -0.39 is 6.10 Å². The largest absolute Gasteiger partial charge is 0.469 e. The van der Waals surface area contributed by atoms with Gasteiger partial charge in [-0.1, -0.05) is 0 Å². The fraction of sp³-hybridized carbons (Fsp3) is 0.500. The van der Waals surface area contributed by atoms with E-state index in [1.807, 2.05) is 13.8 Å². The molecule has 0 aliphatic carbocycles. The lowest BCUT2D eigenvalue weighted by molar-refractivity contribution is 0.196. The predicted octanol–water partition coefficient (Wildman–Crippen LogP) is 1.95. The van der Waals surface area contributed by atoms with Gasteiger partial charge < -0.3 is 9.52 Å². The summed E-state index contributed by atoms with van der Waals surface area (Å²) >= 11 is 0. The summed E-state index contributed by atoms with van der Waals surface area (Å²) in [6.45, 7) is 5.53. The van der Waals surface area contributed by atoms with Crippen molar-refractivity contribution in [2.45, 2.75) is 26.9 Å². The summed E-state index contributed by atoms with van der Waals surface area (Å²) in [6, 6.07) is 0. The second-order valence-corrected chi connectivity index (χ2v) is 2.56. The molecule has 2 nitrogen and oxygen atoms in total. The van der Waals surface area contributed by atoms with Gasteiger partial charge >= 0.3 is 0 Å². The van der Waals surface area contributed by atoms with Crippen molar-refractivity contribution in [1.82, 2.24) is 0 Å². The number of rotatable bonds is 1. The molecule has 1 N–H and O–H groups in total. The summed E-state index contributed by atoms with van der Waals surface area (Å²) in [5.74, 6) is 0.813. The van der Waals surface area contributed by atoms with Crippen LogP contribution in [0.4, 0.5) is 0 Å². The molecule has 0 amide bonds. The van der Waals surface area contributed by atoms with Gasteiger partial charge in [0.25, 0.3) is 0 Å². The van der Waals surface area contributed by atoms with Crippen LogP contribution in [0.3, 0.4) is 0 Å². The number of aryl methyl sites for hydroxylation is 2. The Labute approximate surface area is 60.5 Å². The van der Waals surface area contributed by atoms with Crippen LogP contribution < -0.4 is 0 Å². The highest BCUT2D eigenvalue weighted by atomic mass is 16.3. The fourth-order valence-electron chi connectivity index (χ4n) is 1.21. The molecule has 10 heavy (non-hydrogen) atoms. The average Bonchev–Trinajstić information content (AvgIpc) is 2.11. The van der Waals surface area contributed by atoms with Crippen LogP contribution in [-0.2, 0) is 0 Å². The Morgan fingerprint density at radius 3 is 2.30 bits per heavy atom. The quantitative estimate of drug-likeness (QED) is 0.646. The lowest BCUT2D eigenvalue weighted by Crippen LogP contribution is -1.92. The monoisotopic (exact) mass is 140 g/mol. The predicted molar refractivity (Wildman–Crippen MR) is 38.8 cm³/mol. The lowest BCUT2D eigenvalue weighted by Gasteiger charge is -2.02. The van der Waals surface area contributed by atoms with E-state index in [4.69, 9.17) is 4.42 Å². The van der Waals surface area contributed by atoms with Crippen molar-refractivity contribution in [1.29, 1.82) is 0 Å². The summed E-state index contributed by atoms with van der Waals surface area (Å²) < 4.78 is 5.10. The summed E-state index contributed by atoms with van der Waals surface area (Å²) in [6.07, 6.45) is 1.25. The van der Waals surface area contributed by atoms with Crippen molar-refractivity contribution in [3.05, 3.63) is 23.2 Å². The molecule has 0 aromatic carbocycles. The summed E-state index contributed by atoms with van der Waals surface area (Å²) in [5.41, 5.74) is 1.94. The molecule has 2 heteroatoms. The maximum absolute atomic E-state index is 9.21. The molecule has 1 atom stereocenters. The Morgan fingerprint density at radius 1 is 1.50 bits per heavy atom. The Bertz CT molecular complexity index is 204. The van der Waals surface area contributed by atoms with E-state index >= 15 is 0 Å². The Kier molecular flexibility index (Phi) is 1.81. The van der Waals surface area contributed by atoms with Crippen LogP contribution in [0.2, 0.25) is 0 Å². The second-order valence-electron chi connectivity index (χ2n) is 2.56. The highest BCUT2D eigenvalue weighted by Crippen LogP contribution is 2.22. The third kappa shape index (κ3) is 1.07. The highest BCUT2D eigenvalue weighted by Gasteiger charge is 2.10. The van der Waals surface area contributed by atoms with E-state index in [9.17, 15) is 5.11 Å². The molecule has 0 spiro atoms. The maximum Gasteiger partial charge on any atom is 0.106 e. The zero-order chi connectivity index (χ0) is 7.72. The van der Waals surface area contributed by atoms with Crippen LogP contribution in [0.25, 0.3) is 0 Å². The zero-order valence-corrected chi connectivity index (χ0v) is 6.51. The fourth-order valence-corrected chi connectivity index (χ4v) is 1.21. The first-order valence-electron chi connectivity index (χ1n) is 3.35. The van der Waals surface area contributed by atoms with Gasteiger partial charge in [-0.05, 0) is 26.3 Å². The summed E-state index contributed by atoms with van der Waals surface area (Å²) in [5, 5.41) is 9.21. The Morgan fingerprint density at radius 2 is 2.10 bits per heavy atom. The van der Waals surface area contributed by atoms with Crippen LogP contribution >= 0.6 is 0 Å². The van der Waals surface area contributed by atoms with Crippen molar-refractivity contribution in [3.63, 3.8) is 0 Å². The minimum Gasteiger partial charge on any atom is -0.469 e. The molecule has 0 fully saturated rings. The first-order valence-corrected chi connectivity index (χ1v) is 3.35. The zero-order valence-electron chi connectivity index (χ0n) is 6.51. The molecule has 56 valence electrons. The lowest BCUT2D eigenvalue weighted by atomic mass is 10.1. The van der Waals surface area contributed by atoms with Gasteiger partial charge in [0.15, 0.2) is 0 Å². The van der Waals surface area contributed by atoms with E-state index in [0.717, 1.165) is 16.9 Å². The van der Waals surface area contributed by atoms with Gasteiger partial charge in [0.2, 0.25) is 0 Å². The SMILES string of the molecule is Cc1coc(C)c1[C@H](C)O. The third-order valence-corrected chi connectivity index (χ3v) is 1.63. The van der Waals surface area contributed by atoms with E-state index in [-0.39, 0.29) is 0 Å². The van der Waals surface area contributed by atoms with Gasteiger partial charge in [0.05, 0.1) is 12.4 Å². The van der Waals surface area contributed by atoms with E-state index in [2.05, 4.69) is 0 Å². The maximum atomic E-state index is 9.21. The van der Waals surface area contributed by atoms with Crippen molar-refractivity contribution < 1.29 is 9.52 Å². The average molecular weight is 140 g/mol. The molecule has 0 saturated heterocycles. The van der Waals surface area contributed by atoms with Crippen LogP contribution in [0, 0.1) is 13.8 Å². The summed E-state index contributed by atoms with van der Waals surface area (Å²) in [7, 11) is 0. The minimum absolute atomic E-state index is 0.418. The first kappa shape index (κ1) is 7.35. The Hall–Kier alpha value is -0.760. The van der Waals surface area contributed by atoms with E-state index in [0.29, 0.717) is 0 Å². The molecule has 0 aliphatic heterocycles.